The molecular weight excluding hydrogens is 279 g/mol. The first kappa shape index (κ1) is 14.8. The number of nitrogens with zero attached hydrogens (tertiary/aromatic N) is 2. The van der Waals surface area contributed by atoms with Crippen molar-refractivity contribution in [2.75, 3.05) is 13.1 Å². The lowest BCUT2D eigenvalue weighted by atomic mass is 10.0. The normalized spacial score (nSPS) is 16.5. The van der Waals surface area contributed by atoms with Crippen molar-refractivity contribution in [3.8, 4) is 0 Å². The van der Waals surface area contributed by atoms with Gasteiger partial charge in [0.25, 0.3) is 0 Å². The fraction of sp³-hybridized carbons (Fsp3) is 0.389. The minimum Gasteiger partial charge on any atom is -0.346 e. The first-order chi connectivity index (χ1) is 10.7. The molecule has 1 aromatic carbocycles. The largest absolute Gasteiger partial charge is 0.346 e. The summed E-state index contributed by atoms with van der Waals surface area (Å²) in [6.07, 6.45) is 7.60. The Hall–Kier alpha value is -2.10. The second-order valence-electron chi connectivity index (χ2n) is 5.85. The van der Waals surface area contributed by atoms with E-state index < -0.39 is 0 Å². The minimum atomic E-state index is -0.264. The molecule has 2 aromatic rings. The number of hydrogen-bond donors (Lipinski definition) is 0. The molecule has 3 rings (SSSR count). The molecule has 1 aliphatic heterocycles. The molecule has 3 nitrogen and oxygen atoms in total. The molecule has 116 valence electrons. The smallest absolute Gasteiger partial charge is 0.225 e. The molecule has 1 aromatic heterocycles. The van der Waals surface area contributed by atoms with Gasteiger partial charge >= 0.3 is 0 Å². The van der Waals surface area contributed by atoms with Gasteiger partial charge in [0.15, 0.2) is 0 Å². The number of aromatic nitrogens is 1. The van der Waals surface area contributed by atoms with Crippen LogP contribution in [0.4, 0.5) is 4.39 Å². The van der Waals surface area contributed by atoms with E-state index in [1.807, 2.05) is 40.1 Å². The van der Waals surface area contributed by atoms with E-state index in [1.54, 1.807) is 6.07 Å². The van der Waals surface area contributed by atoms with Crippen LogP contribution >= 0.6 is 0 Å². The van der Waals surface area contributed by atoms with Gasteiger partial charge in [0, 0.05) is 25.5 Å². The Morgan fingerprint density at radius 1 is 1.09 bits per heavy atom. The summed E-state index contributed by atoms with van der Waals surface area (Å²) < 4.78 is 15.5. The Kier molecular flexibility index (Phi) is 4.56. The first-order valence-electron chi connectivity index (χ1n) is 7.90. The monoisotopic (exact) mass is 300 g/mol. The quantitative estimate of drug-likeness (QED) is 0.846. The summed E-state index contributed by atoms with van der Waals surface area (Å²) in [7, 11) is 0. The van der Waals surface area contributed by atoms with Gasteiger partial charge in [-0.05, 0) is 49.1 Å². The molecule has 1 amide bonds. The van der Waals surface area contributed by atoms with E-state index in [0.29, 0.717) is 6.42 Å². The highest BCUT2D eigenvalue weighted by molar-refractivity contribution is 5.77. The Bertz CT molecular complexity index is 618. The van der Waals surface area contributed by atoms with E-state index in [2.05, 4.69) is 0 Å². The van der Waals surface area contributed by atoms with Gasteiger partial charge in [0.2, 0.25) is 5.91 Å². The molecule has 0 N–H and O–H groups in total. The number of carbonyl (C=O) groups is 1. The lowest BCUT2D eigenvalue weighted by Crippen LogP contribution is -2.36. The fourth-order valence-corrected chi connectivity index (χ4v) is 3.10. The van der Waals surface area contributed by atoms with Crippen LogP contribution in [-0.4, -0.2) is 28.5 Å². The summed E-state index contributed by atoms with van der Waals surface area (Å²) in [5.41, 5.74) is 0.835. The molecule has 1 atom stereocenters. The third kappa shape index (κ3) is 3.38. The van der Waals surface area contributed by atoms with Gasteiger partial charge < -0.3 is 9.47 Å². The summed E-state index contributed by atoms with van der Waals surface area (Å²) in [5, 5.41) is 0. The Labute approximate surface area is 130 Å². The van der Waals surface area contributed by atoms with Gasteiger partial charge in [0.05, 0.1) is 12.5 Å². The third-order valence-electron chi connectivity index (χ3n) is 4.30. The van der Waals surface area contributed by atoms with Gasteiger partial charge in [-0.3, -0.25) is 4.79 Å². The van der Waals surface area contributed by atoms with Crippen LogP contribution in [0.15, 0.2) is 48.8 Å². The van der Waals surface area contributed by atoms with Crippen molar-refractivity contribution in [1.82, 2.24) is 9.47 Å². The first-order valence-corrected chi connectivity index (χ1v) is 7.90. The van der Waals surface area contributed by atoms with E-state index in [1.165, 1.54) is 18.6 Å². The minimum absolute atomic E-state index is 0.153. The van der Waals surface area contributed by atoms with Crippen molar-refractivity contribution < 1.29 is 9.18 Å². The molecule has 1 fully saturated rings. The second-order valence-corrected chi connectivity index (χ2v) is 5.85. The molecule has 1 aliphatic rings. The van der Waals surface area contributed by atoms with E-state index in [4.69, 9.17) is 0 Å². The number of likely N-dealkylation sites (tertiary alicyclic amines) is 1. The van der Waals surface area contributed by atoms with E-state index in [0.717, 1.165) is 31.5 Å². The predicted octanol–water partition coefficient (Wildman–Crippen LogP) is 3.62. The topological polar surface area (TPSA) is 25.2 Å². The Morgan fingerprint density at radius 3 is 2.50 bits per heavy atom. The molecule has 0 bridgehead atoms. The van der Waals surface area contributed by atoms with Gasteiger partial charge in [-0.1, -0.05) is 12.1 Å². The zero-order valence-electron chi connectivity index (χ0n) is 12.6. The molecule has 0 spiro atoms. The highest BCUT2D eigenvalue weighted by atomic mass is 19.1. The van der Waals surface area contributed by atoms with Crippen LogP contribution in [0.3, 0.4) is 0 Å². The van der Waals surface area contributed by atoms with E-state index in [-0.39, 0.29) is 17.8 Å². The molecule has 0 aliphatic carbocycles. The predicted molar refractivity (Wildman–Crippen MR) is 84.0 cm³/mol. The highest BCUT2D eigenvalue weighted by Gasteiger charge is 2.23. The van der Waals surface area contributed by atoms with Crippen molar-refractivity contribution in [2.24, 2.45) is 0 Å². The van der Waals surface area contributed by atoms with E-state index in [9.17, 15) is 9.18 Å². The summed E-state index contributed by atoms with van der Waals surface area (Å²) >= 11 is 0. The zero-order chi connectivity index (χ0) is 15.4. The molecule has 22 heavy (non-hydrogen) atoms. The van der Waals surface area contributed by atoms with Crippen LogP contribution in [0.5, 0.6) is 0 Å². The second kappa shape index (κ2) is 6.77. The molecular formula is C18H21FN2O. The van der Waals surface area contributed by atoms with Gasteiger partial charge in [-0.15, -0.1) is 0 Å². The van der Waals surface area contributed by atoms with Crippen molar-refractivity contribution in [2.45, 2.75) is 31.7 Å². The lowest BCUT2D eigenvalue weighted by molar-refractivity contribution is -0.132. The van der Waals surface area contributed by atoms with Crippen LogP contribution in [0, 0.1) is 5.82 Å². The average molecular weight is 300 g/mol. The maximum Gasteiger partial charge on any atom is 0.225 e. The number of piperidine rings is 1. The summed E-state index contributed by atoms with van der Waals surface area (Å²) in [5.74, 6) is -0.109. The molecule has 1 saturated heterocycles. The number of carbonyl (C=O) groups excluding carboxylic acids is 1. The molecule has 2 heterocycles. The standard InChI is InChI=1S/C18H21FN2O/c19-16-8-6-7-15(13-16)17(20-9-4-5-10-20)14-18(22)21-11-2-1-3-12-21/h4-10,13,17H,1-3,11-12,14H2/t17-/m1/s1. The van der Waals surface area contributed by atoms with Crippen molar-refractivity contribution in [3.05, 3.63) is 60.2 Å². The van der Waals surface area contributed by atoms with Gasteiger partial charge in [-0.2, -0.15) is 0 Å². The summed E-state index contributed by atoms with van der Waals surface area (Å²) in [6.45, 7) is 1.70. The third-order valence-corrected chi connectivity index (χ3v) is 4.30. The average Bonchev–Trinajstić information content (AvgIpc) is 3.07. The van der Waals surface area contributed by atoms with Crippen LogP contribution in [0.25, 0.3) is 0 Å². The molecule has 0 radical (unpaired) electrons. The Morgan fingerprint density at radius 2 is 1.82 bits per heavy atom. The highest BCUT2D eigenvalue weighted by Crippen LogP contribution is 2.24. The van der Waals surface area contributed by atoms with Crippen molar-refractivity contribution in [3.63, 3.8) is 0 Å². The van der Waals surface area contributed by atoms with Crippen LogP contribution in [-0.2, 0) is 4.79 Å². The molecule has 0 saturated carbocycles. The number of hydrogen-bond acceptors (Lipinski definition) is 1. The van der Waals surface area contributed by atoms with Crippen molar-refractivity contribution >= 4 is 5.91 Å². The summed E-state index contributed by atoms with van der Waals surface area (Å²) in [4.78, 5) is 14.5. The van der Waals surface area contributed by atoms with Crippen LogP contribution < -0.4 is 0 Å². The maximum absolute atomic E-state index is 13.6. The Balaban J connectivity index is 1.81. The van der Waals surface area contributed by atoms with Gasteiger partial charge in [-0.25, -0.2) is 4.39 Å². The number of amides is 1. The van der Waals surface area contributed by atoms with Gasteiger partial charge in [0.1, 0.15) is 5.82 Å². The lowest BCUT2D eigenvalue weighted by Gasteiger charge is -2.29. The van der Waals surface area contributed by atoms with E-state index >= 15 is 0 Å². The maximum atomic E-state index is 13.6. The number of rotatable bonds is 4. The van der Waals surface area contributed by atoms with Crippen molar-refractivity contribution in [1.29, 1.82) is 0 Å². The number of halogens is 1. The van der Waals surface area contributed by atoms with Crippen LogP contribution in [0.1, 0.15) is 37.3 Å². The summed E-state index contributed by atoms with van der Waals surface area (Å²) in [6, 6.07) is 10.2. The van der Waals surface area contributed by atoms with Crippen LogP contribution in [0.2, 0.25) is 0 Å². The fourth-order valence-electron chi connectivity index (χ4n) is 3.10. The molecule has 0 unspecified atom stereocenters. The zero-order valence-corrected chi connectivity index (χ0v) is 12.6. The molecule has 4 heteroatoms. The SMILES string of the molecule is O=C(C[C@H](c1cccc(F)c1)n1cccc1)N1CCCCC1. The number of benzene rings is 1.